The minimum atomic E-state index is -4.81. The number of rotatable bonds is 8. The van der Waals surface area contributed by atoms with Crippen molar-refractivity contribution in [2.75, 3.05) is 16.8 Å². The average molecular weight is 521 g/mol. The molecule has 0 aliphatic carbocycles. The van der Waals surface area contributed by atoms with Crippen molar-refractivity contribution in [1.82, 2.24) is 15.0 Å². The van der Waals surface area contributed by atoms with Gasteiger partial charge in [0.15, 0.2) is 11.6 Å². The number of aryl methyl sites for hydroxylation is 1. The van der Waals surface area contributed by atoms with E-state index < -0.39 is 30.1 Å². The van der Waals surface area contributed by atoms with Gasteiger partial charge in [0.2, 0.25) is 11.9 Å². The monoisotopic (exact) mass is 521 g/mol. The lowest BCUT2D eigenvalue weighted by Crippen LogP contribution is -2.34. The number of hydrogen-bond acceptors (Lipinski definition) is 8. The minimum absolute atomic E-state index is 0.114. The molecule has 0 unspecified atom stereocenters. The Labute approximate surface area is 209 Å². The van der Waals surface area contributed by atoms with Gasteiger partial charge in [0.05, 0.1) is 12.1 Å². The van der Waals surface area contributed by atoms with Gasteiger partial charge in [0, 0.05) is 0 Å². The number of nitrogens with zero attached hydrogens (tertiary/aromatic N) is 4. The molecular weight excluding hydrogens is 498 g/mol. The molecule has 0 saturated carbocycles. The number of carbonyl (C=O) groups is 1. The van der Waals surface area contributed by atoms with Gasteiger partial charge in [-0.2, -0.15) is 15.0 Å². The Morgan fingerprint density at radius 2 is 1.84 bits per heavy atom. The van der Waals surface area contributed by atoms with Crippen LogP contribution in [-0.4, -0.2) is 40.1 Å². The van der Waals surface area contributed by atoms with Gasteiger partial charge in [-0.25, -0.2) is 14.1 Å². The number of amides is 1. The maximum absolute atomic E-state index is 14.8. The number of cyclic esters (lactones) is 1. The molecule has 0 bridgehead atoms. The smallest absolute Gasteiger partial charge is 0.454 e. The van der Waals surface area contributed by atoms with Crippen LogP contribution in [0.5, 0.6) is 17.2 Å². The molecule has 1 N–H and O–H groups in total. The van der Waals surface area contributed by atoms with Gasteiger partial charge in [-0.3, -0.25) is 0 Å². The summed E-state index contributed by atoms with van der Waals surface area (Å²) in [6.45, 7) is 5.61. The van der Waals surface area contributed by atoms with Gasteiger partial charge >= 0.3 is 12.5 Å². The van der Waals surface area contributed by atoms with Crippen molar-refractivity contribution in [2.24, 2.45) is 0 Å². The fraction of sp³-hybridized carbons (Fsp3) is 0.333. The number of benzene rings is 2. The van der Waals surface area contributed by atoms with Crippen molar-refractivity contribution in [3.05, 3.63) is 59.7 Å². The van der Waals surface area contributed by atoms with Gasteiger partial charge in [0.1, 0.15) is 23.9 Å². The zero-order chi connectivity index (χ0) is 26.7. The average Bonchev–Trinajstić information content (AvgIpc) is 3.20. The standard InChI is InChI=1S/C24H23F4N5O4/c1-4-16-12-35-23(34)33(16)22-31-14(3)30-21(32-22)29-13(2)15-5-10-20(19(25)11-15)36-17-6-8-18(9-7-17)37-24(26,27)28/h5-11,13,16H,4,12H2,1-3H3,(H,29,30,31,32)/t13-,16-/m0/s1. The van der Waals surface area contributed by atoms with Crippen molar-refractivity contribution < 1.29 is 36.6 Å². The largest absolute Gasteiger partial charge is 0.573 e. The number of alkyl halides is 3. The summed E-state index contributed by atoms with van der Waals surface area (Å²) >= 11 is 0. The van der Waals surface area contributed by atoms with E-state index in [4.69, 9.17) is 9.47 Å². The molecular formula is C24H23F4N5O4. The van der Waals surface area contributed by atoms with Crippen LogP contribution in [0.4, 0.5) is 34.3 Å². The summed E-state index contributed by atoms with van der Waals surface area (Å²) in [5, 5.41) is 3.08. The lowest BCUT2D eigenvalue weighted by Gasteiger charge is -2.20. The molecule has 2 heterocycles. The number of anilines is 2. The van der Waals surface area contributed by atoms with Crippen molar-refractivity contribution in [3.63, 3.8) is 0 Å². The van der Waals surface area contributed by atoms with Crippen molar-refractivity contribution >= 4 is 18.0 Å². The third kappa shape index (κ3) is 6.35. The van der Waals surface area contributed by atoms with Crippen LogP contribution in [0, 0.1) is 12.7 Å². The highest BCUT2D eigenvalue weighted by atomic mass is 19.4. The Kier molecular flexibility index (Phi) is 7.32. The van der Waals surface area contributed by atoms with E-state index >= 15 is 0 Å². The summed E-state index contributed by atoms with van der Waals surface area (Å²) in [6.07, 6.45) is -4.68. The van der Waals surface area contributed by atoms with Crippen molar-refractivity contribution in [2.45, 2.75) is 45.6 Å². The predicted octanol–water partition coefficient (Wildman–Crippen LogP) is 5.92. The van der Waals surface area contributed by atoms with E-state index in [-0.39, 0.29) is 36.0 Å². The molecule has 13 heteroatoms. The maximum atomic E-state index is 14.8. The fourth-order valence-electron chi connectivity index (χ4n) is 3.63. The predicted molar refractivity (Wildman–Crippen MR) is 124 cm³/mol. The zero-order valence-electron chi connectivity index (χ0n) is 20.0. The number of carbonyl (C=O) groups excluding carboxylic acids is 1. The number of ether oxygens (including phenoxy) is 3. The molecule has 1 aliphatic heterocycles. The van der Waals surface area contributed by atoms with Crippen molar-refractivity contribution in [1.29, 1.82) is 0 Å². The van der Waals surface area contributed by atoms with E-state index in [1.807, 2.05) is 6.92 Å². The maximum Gasteiger partial charge on any atom is 0.573 e. The van der Waals surface area contributed by atoms with Crippen LogP contribution in [0.25, 0.3) is 0 Å². The molecule has 37 heavy (non-hydrogen) atoms. The second-order valence-electron chi connectivity index (χ2n) is 8.19. The fourth-order valence-corrected chi connectivity index (χ4v) is 3.63. The Hall–Kier alpha value is -4.16. The van der Waals surface area contributed by atoms with Gasteiger partial charge < -0.3 is 19.5 Å². The van der Waals surface area contributed by atoms with Crippen molar-refractivity contribution in [3.8, 4) is 17.2 Å². The highest BCUT2D eigenvalue weighted by Gasteiger charge is 2.35. The minimum Gasteiger partial charge on any atom is -0.454 e. The molecule has 1 amide bonds. The Bertz CT molecular complexity index is 1270. The van der Waals surface area contributed by atoms with E-state index in [0.29, 0.717) is 17.8 Å². The summed E-state index contributed by atoms with van der Waals surface area (Å²) in [6, 6.07) is 8.26. The van der Waals surface area contributed by atoms with E-state index in [0.717, 1.165) is 12.1 Å². The van der Waals surface area contributed by atoms with E-state index in [1.165, 1.54) is 29.2 Å². The highest BCUT2D eigenvalue weighted by molar-refractivity contribution is 5.88. The third-order valence-electron chi connectivity index (χ3n) is 5.47. The second kappa shape index (κ2) is 10.4. The molecule has 1 aromatic heterocycles. The highest BCUT2D eigenvalue weighted by Crippen LogP contribution is 2.30. The van der Waals surface area contributed by atoms with Crippen LogP contribution >= 0.6 is 0 Å². The molecule has 1 aliphatic rings. The van der Waals surface area contributed by atoms with E-state index in [1.54, 1.807) is 19.9 Å². The summed E-state index contributed by atoms with van der Waals surface area (Å²) in [5.41, 5.74) is 0.547. The van der Waals surface area contributed by atoms with Gasteiger partial charge in [-0.1, -0.05) is 13.0 Å². The van der Waals surface area contributed by atoms with Crippen LogP contribution in [0.1, 0.15) is 37.7 Å². The van der Waals surface area contributed by atoms with Crippen LogP contribution < -0.4 is 19.7 Å². The van der Waals surface area contributed by atoms with E-state index in [2.05, 4.69) is 25.0 Å². The lowest BCUT2D eigenvalue weighted by atomic mass is 10.1. The first-order valence-electron chi connectivity index (χ1n) is 11.3. The molecule has 1 fully saturated rings. The summed E-state index contributed by atoms with van der Waals surface area (Å²) in [5.74, 6) is -0.331. The zero-order valence-corrected chi connectivity index (χ0v) is 20.0. The number of aromatic nitrogens is 3. The van der Waals surface area contributed by atoms with Crippen LogP contribution in [-0.2, 0) is 4.74 Å². The molecule has 3 aromatic rings. The van der Waals surface area contributed by atoms with Gasteiger partial charge in [-0.05, 0) is 62.2 Å². The number of halogens is 4. The molecule has 0 spiro atoms. The van der Waals surface area contributed by atoms with Gasteiger partial charge in [0.25, 0.3) is 0 Å². The van der Waals surface area contributed by atoms with Crippen LogP contribution in [0.3, 0.4) is 0 Å². The lowest BCUT2D eigenvalue weighted by molar-refractivity contribution is -0.274. The third-order valence-corrected chi connectivity index (χ3v) is 5.47. The molecule has 4 rings (SSSR count). The summed E-state index contributed by atoms with van der Waals surface area (Å²) < 4.78 is 66.0. The first kappa shape index (κ1) is 25.9. The quantitative estimate of drug-likeness (QED) is 0.365. The Morgan fingerprint density at radius 3 is 2.49 bits per heavy atom. The molecule has 1 saturated heterocycles. The topological polar surface area (TPSA) is 98.7 Å². The molecule has 0 radical (unpaired) electrons. The van der Waals surface area contributed by atoms with Gasteiger partial charge in [-0.15, -0.1) is 13.2 Å². The van der Waals surface area contributed by atoms with E-state index in [9.17, 15) is 22.4 Å². The summed E-state index contributed by atoms with van der Waals surface area (Å²) in [4.78, 5) is 26.4. The first-order valence-corrected chi connectivity index (χ1v) is 11.3. The van der Waals surface area contributed by atoms with Crippen LogP contribution in [0.2, 0.25) is 0 Å². The Morgan fingerprint density at radius 1 is 1.14 bits per heavy atom. The molecule has 9 nitrogen and oxygen atoms in total. The molecule has 2 aromatic carbocycles. The number of nitrogens with one attached hydrogen (secondary N) is 1. The number of hydrogen-bond donors (Lipinski definition) is 1. The van der Waals surface area contributed by atoms with Crippen LogP contribution in [0.15, 0.2) is 42.5 Å². The SMILES string of the molecule is CC[C@H]1COC(=O)N1c1nc(C)nc(N[C@@H](C)c2ccc(Oc3ccc(OC(F)(F)F)cc3)c(F)c2)n1. The Balaban J connectivity index is 1.45. The normalized spacial score (nSPS) is 16.4. The first-order chi connectivity index (χ1) is 17.5. The summed E-state index contributed by atoms with van der Waals surface area (Å²) in [7, 11) is 0. The molecule has 196 valence electrons. The second-order valence-corrected chi connectivity index (χ2v) is 8.19. The molecule has 2 atom stereocenters.